The number of carbonyl (C=O) groups excluding carboxylic acids is 1. The molecule has 0 fully saturated rings. The summed E-state index contributed by atoms with van der Waals surface area (Å²) in [5.74, 6) is 0.783. The van der Waals surface area contributed by atoms with Gasteiger partial charge in [-0.2, -0.15) is 0 Å². The number of ether oxygens (including phenoxy) is 3. The average Bonchev–Trinajstić information content (AvgIpc) is 2.67. The SMILES string of the molecule is COc1cc(C(=O)NNC(=S)Nc2ccc(C)c(C)c2)cc(OC)c1OC. The van der Waals surface area contributed by atoms with E-state index < -0.39 is 5.91 Å². The molecule has 0 saturated heterocycles. The second kappa shape index (κ2) is 9.09. The predicted molar refractivity (Wildman–Crippen MR) is 109 cm³/mol. The molecule has 0 heterocycles. The van der Waals surface area contributed by atoms with E-state index in [1.165, 1.54) is 26.9 Å². The van der Waals surface area contributed by atoms with Gasteiger partial charge in [-0.15, -0.1) is 0 Å². The maximum atomic E-state index is 12.4. The Morgan fingerprint density at radius 3 is 2.04 bits per heavy atom. The molecule has 0 bridgehead atoms. The van der Waals surface area contributed by atoms with Gasteiger partial charge in [0.2, 0.25) is 5.75 Å². The standard InChI is InChI=1S/C19H23N3O4S/c1-11-6-7-14(8-12(11)2)20-19(27)22-21-18(23)13-9-15(24-3)17(26-5)16(10-13)25-4/h6-10H,1-5H3,(H,21,23)(H2,20,22,27). The second-order valence-electron chi connectivity index (χ2n) is 5.75. The largest absolute Gasteiger partial charge is 0.493 e. The van der Waals surface area contributed by atoms with Gasteiger partial charge in [0.15, 0.2) is 16.6 Å². The molecule has 1 amide bonds. The van der Waals surface area contributed by atoms with Crippen LogP contribution in [0.25, 0.3) is 0 Å². The number of carbonyl (C=O) groups is 1. The maximum Gasteiger partial charge on any atom is 0.269 e. The van der Waals surface area contributed by atoms with Gasteiger partial charge in [0, 0.05) is 11.3 Å². The highest BCUT2D eigenvalue weighted by atomic mass is 32.1. The molecule has 0 spiro atoms. The second-order valence-corrected chi connectivity index (χ2v) is 6.15. The lowest BCUT2D eigenvalue weighted by atomic mass is 10.1. The molecule has 0 aliphatic rings. The first-order valence-corrected chi connectivity index (χ1v) is 8.55. The minimum atomic E-state index is -0.404. The van der Waals surface area contributed by atoms with Gasteiger partial charge in [0.1, 0.15) is 0 Å². The molecule has 0 atom stereocenters. The van der Waals surface area contributed by atoms with Gasteiger partial charge in [-0.3, -0.25) is 15.6 Å². The van der Waals surface area contributed by atoms with Gasteiger partial charge in [-0.1, -0.05) is 6.07 Å². The molecular formula is C19H23N3O4S. The van der Waals surface area contributed by atoms with Crippen LogP contribution in [0.4, 0.5) is 5.69 Å². The number of amides is 1. The third-order valence-electron chi connectivity index (χ3n) is 3.98. The van der Waals surface area contributed by atoms with Crippen molar-refractivity contribution in [3.8, 4) is 17.2 Å². The Morgan fingerprint density at radius 1 is 0.889 bits per heavy atom. The van der Waals surface area contributed by atoms with Crippen LogP contribution in [0.15, 0.2) is 30.3 Å². The summed E-state index contributed by atoms with van der Waals surface area (Å²) in [6.07, 6.45) is 0. The summed E-state index contributed by atoms with van der Waals surface area (Å²) in [4.78, 5) is 12.4. The smallest absolute Gasteiger partial charge is 0.269 e. The number of aryl methyl sites for hydroxylation is 2. The zero-order valence-electron chi connectivity index (χ0n) is 15.9. The summed E-state index contributed by atoms with van der Waals surface area (Å²) in [5.41, 5.74) is 8.70. The highest BCUT2D eigenvalue weighted by Gasteiger charge is 2.17. The van der Waals surface area contributed by atoms with E-state index in [2.05, 4.69) is 16.2 Å². The summed E-state index contributed by atoms with van der Waals surface area (Å²) in [6.45, 7) is 4.05. The Morgan fingerprint density at radius 2 is 1.52 bits per heavy atom. The molecule has 2 aromatic rings. The van der Waals surface area contributed by atoms with Crippen LogP contribution in [-0.4, -0.2) is 32.3 Å². The van der Waals surface area contributed by atoms with Gasteiger partial charge in [-0.05, 0) is 61.5 Å². The molecule has 2 aromatic carbocycles. The number of thiocarbonyl (C=S) groups is 1. The average molecular weight is 389 g/mol. The highest BCUT2D eigenvalue weighted by Crippen LogP contribution is 2.38. The normalized spacial score (nSPS) is 9.96. The number of nitrogens with one attached hydrogen (secondary N) is 3. The Labute approximate surface area is 164 Å². The van der Waals surface area contributed by atoms with Crippen LogP contribution < -0.4 is 30.4 Å². The van der Waals surface area contributed by atoms with Crippen LogP contribution in [0.3, 0.4) is 0 Å². The Hall–Kier alpha value is -3.00. The zero-order valence-corrected chi connectivity index (χ0v) is 16.7. The lowest BCUT2D eigenvalue weighted by Crippen LogP contribution is -2.43. The zero-order chi connectivity index (χ0) is 20.0. The Bertz CT molecular complexity index is 830. The van der Waals surface area contributed by atoms with Crippen LogP contribution in [-0.2, 0) is 0 Å². The van der Waals surface area contributed by atoms with Crippen molar-refractivity contribution in [1.82, 2.24) is 10.9 Å². The number of benzene rings is 2. The first-order valence-electron chi connectivity index (χ1n) is 8.14. The molecule has 8 heteroatoms. The van der Waals surface area contributed by atoms with Crippen molar-refractivity contribution in [1.29, 1.82) is 0 Å². The fourth-order valence-corrected chi connectivity index (χ4v) is 2.55. The summed E-state index contributed by atoms with van der Waals surface area (Å²) < 4.78 is 15.8. The number of hydrogen-bond donors (Lipinski definition) is 3. The van der Waals surface area contributed by atoms with Crippen LogP contribution >= 0.6 is 12.2 Å². The molecular weight excluding hydrogens is 366 g/mol. The first kappa shape index (κ1) is 20.3. The molecule has 144 valence electrons. The van der Waals surface area contributed by atoms with Crippen molar-refractivity contribution in [2.45, 2.75) is 13.8 Å². The van der Waals surface area contributed by atoms with E-state index in [4.69, 9.17) is 26.4 Å². The summed E-state index contributed by atoms with van der Waals surface area (Å²) >= 11 is 5.21. The number of methoxy groups -OCH3 is 3. The van der Waals surface area contributed by atoms with E-state index in [-0.39, 0.29) is 5.11 Å². The number of anilines is 1. The van der Waals surface area contributed by atoms with E-state index in [1.807, 2.05) is 32.0 Å². The molecule has 3 N–H and O–H groups in total. The number of hydrogen-bond acceptors (Lipinski definition) is 5. The monoisotopic (exact) mass is 389 g/mol. The van der Waals surface area contributed by atoms with Crippen molar-refractivity contribution in [3.63, 3.8) is 0 Å². The van der Waals surface area contributed by atoms with Gasteiger partial charge < -0.3 is 19.5 Å². The molecule has 0 aliphatic heterocycles. The fraction of sp³-hybridized carbons (Fsp3) is 0.263. The molecule has 0 aliphatic carbocycles. The third kappa shape index (κ3) is 5.01. The van der Waals surface area contributed by atoms with E-state index in [0.717, 1.165) is 11.3 Å². The lowest BCUT2D eigenvalue weighted by molar-refractivity contribution is 0.0943. The van der Waals surface area contributed by atoms with Crippen molar-refractivity contribution < 1.29 is 19.0 Å². The minimum Gasteiger partial charge on any atom is -0.493 e. The Balaban J connectivity index is 2.04. The minimum absolute atomic E-state index is 0.263. The van der Waals surface area contributed by atoms with Crippen molar-refractivity contribution in [2.24, 2.45) is 0 Å². The topological polar surface area (TPSA) is 80.9 Å². The number of hydrazine groups is 1. The lowest BCUT2D eigenvalue weighted by Gasteiger charge is -2.15. The first-order chi connectivity index (χ1) is 12.9. The van der Waals surface area contributed by atoms with Gasteiger partial charge in [-0.25, -0.2) is 0 Å². The van der Waals surface area contributed by atoms with Crippen LogP contribution in [0.2, 0.25) is 0 Å². The van der Waals surface area contributed by atoms with Crippen molar-refractivity contribution in [2.75, 3.05) is 26.6 Å². The quantitative estimate of drug-likeness (QED) is 0.536. The van der Waals surface area contributed by atoms with Crippen LogP contribution in [0, 0.1) is 13.8 Å². The molecule has 0 saturated carbocycles. The van der Waals surface area contributed by atoms with E-state index in [1.54, 1.807) is 12.1 Å². The molecule has 7 nitrogen and oxygen atoms in total. The van der Waals surface area contributed by atoms with E-state index >= 15 is 0 Å². The fourth-order valence-electron chi connectivity index (χ4n) is 2.38. The van der Waals surface area contributed by atoms with Gasteiger partial charge >= 0.3 is 0 Å². The van der Waals surface area contributed by atoms with Gasteiger partial charge in [0.05, 0.1) is 21.3 Å². The maximum absolute atomic E-state index is 12.4. The van der Waals surface area contributed by atoms with Crippen LogP contribution in [0.1, 0.15) is 21.5 Å². The Kier molecular flexibility index (Phi) is 6.84. The highest BCUT2D eigenvalue weighted by molar-refractivity contribution is 7.80. The summed E-state index contributed by atoms with van der Waals surface area (Å²) in [6, 6.07) is 8.99. The molecule has 0 radical (unpaired) electrons. The van der Waals surface area contributed by atoms with Crippen LogP contribution in [0.5, 0.6) is 17.2 Å². The molecule has 0 aromatic heterocycles. The summed E-state index contributed by atoms with van der Waals surface area (Å²) in [5, 5.41) is 3.28. The predicted octanol–water partition coefficient (Wildman–Crippen LogP) is 2.96. The molecule has 2 rings (SSSR count). The van der Waals surface area contributed by atoms with Crippen molar-refractivity contribution >= 4 is 28.9 Å². The van der Waals surface area contributed by atoms with Crippen molar-refractivity contribution in [3.05, 3.63) is 47.0 Å². The van der Waals surface area contributed by atoms with E-state index in [9.17, 15) is 4.79 Å². The third-order valence-corrected chi connectivity index (χ3v) is 4.19. The summed E-state index contributed by atoms with van der Waals surface area (Å²) in [7, 11) is 4.47. The van der Waals surface area contributed by atoms with Gasteiger partial charge in [0.25, 0.3) is 5.91 Å². The molecule has 27 heavy (non-hydrogen) atoms. The molecule has 0 unspecified atom stereocenters. The number of rotatable bonds is 5. The van der Waals surface area contributed by atoms with E-state index in [0.29, 0.717) is 22.8 Å².